The Morgan fingerprint density at radius 2 is 2.14 bits per heavy atom. The fourth-order valence-corrected chi connectivity index (χ4v) is 4.03. The summed E-state index contributed by atoms with van der Waals surface area (Å²) < 4.78 is 6.83. The molecular formula is C20H25N5O3. The number of urea groups is 1. The SMILES string of the molecule is Cc1nn(C)cc1C(C)NC(=O)N1CCc2c(cccc2N2CCOC2=O)C1. The molecule has 1 atom stereocenters. The third-order valence-electron chi connectivity index (χ3n) is 5.44. The fraction of sp³-hybridized carbons (Fsp3) is 0.450. The number of nitrogens with zero attached hydrogens (tertiary/aromatic N) is 4. The number of amides is 3. The van der Waals surface area contributed by atoms with Crippen molar-refractivity contribution in [2.24, 2.45) is 7.05 Å². The van der Waals surface area contributed by atoms with Crippen molar-refractivity contribution >= 4 is 17.8 Å². The lowest BCUT2D eigenvalue weighted by Gasteiger charge is -2.32. The number of hydrogen-bond donors (Lipinski definition) is 1. The van der Waals surface area contributed by atoms with Gasteiger partial charge in [0.15, 0.2) is 0 Å². The molecule has 0 spiro atoms. The van der Waals surface area contributed by atoms with Crippen LogP contribution in [0.5, 0.6) is 0 Å². The molecule has 8 nitrogen and oxygen atoms in total. The maximum Gasteiger partial charge on any atom is 0.414 e. The van der Waals surface area contributed by atoms with E-state index >= 15 is 0 Å². The van der Waals surface area contributed by atoms with Crippen LogP contribution in [0.4, 0.5) is 15.3 Å². The Morgan fingerprint density at radius 3 is 2.82 bits per heavy atom. The zero-order valence-corrected chi connectivity index (χ0v) is 16.4. The summed E-state index contributed by atoms with van der Waals surface area (Å²) in [4.78, 5) is 28.2. The molecule has 0 saturated carbocycles. The zero-order valence-electron chi connectivity index (χ0n) is 16.4. The fourth-order valence-electron chi connectivity index (χ4n) is 4.03. The quantitative estimate of drug-likeness (QED) is 0.883. The molecule has 8 heteroatoms. The van der Waals surface area contributed by atoms with Gasteiger partial charge in [-0.1, -0.05) is 12.1 Å². The Bertz CT molecular complexity index is 923. The summed E-state index contributed by atoms with van der Waals surface area (Å²) in [5, 5.41) is 7.42. The lowest BCUT2D eigenvalue weighted by molar-refractivity contribution is 0.180. The molecule has 148 valence electrons. The van der Waals surface area contributed by atoms with Gasteiger partial charge < -0.3 is 15.0 Å². The standard InChI is InChI=1S/C20H25N5O3/c1-13(17-12-23(3)22-14(17)2)21-19(26)24-8-7-16-15(11-24)5-4-6-18(16)25-9-10-28-20(25)27/h4-6,12-13H,7-11H2,1-3H3,(H,21,26). The van der Waals surface area contributed by atoms with Gasteiger partial charge in [-0.3, -0.25) is 9.58 Å². The van der Waals surface area contributed by atoms with E-state index in [2.05, 4.69) is 10.4 Å². The van der Waals surface area contributed by atoms with Gasteiger partial charge >= 0.3 is 12.1 Å². The Labute approximate surface area is 164 Å². The average Bonchev–Trinajstić information content (AvgIpc) is 3.25. The lowest BCUT2D eigenvalue weighted by atomic mass is 9.97. The Kier molecular flexibility index (Phi) is 4.70. The van der Waals surface area contributed by atoms with Crippen LogP contribution in [0.15, 0.2) is 24.4 Å². The molecule has 3 heterocycles. The highest BCUT2D eigenvalue weighted by molar-refractivity contribution is 5.90. The van der Waals surface area contributed by atoms with Crippen LogP contribution in [-0.2, 0) is 24.8 Å². The van der Waals surface area contributed by atoms with E-state index in [1.165, 1.54) is 0 Å². The second-order valence-electron chi connectivity index (χ2n) is 7.37. The minimum Gasteiger partial charge on any atom is -0.447 e. The number of aromatic nitrogens is 2. The average molecular weight is 383 g/mol. The van der Waals surface area contributed by atoms with Crippen LogP contribution in [-0.4, -0.2) is 46.5 Å². The predicted octanol–water partition coefficient (Wildman–Crippen LogP) is 2.51. The summed E-state index contributed by atoms with van der Waals surface area (Å²) in [7, 11) is 1.88. The number of hydrogen-bond acceptors (Lipinski definition) is 4. The predicted molar refractivity (Wildman–Crippen MR) is 104 cm³/mol. The molecule has 1 saturated heterocycles. The molecule has 0 bridgehead atoms. The van der Waals surface area contributed by atoms with E-state index in [0.29, 0.717) is 32.7 Å². The van der Waals surface area contributed by atoms with Crippen LogP contribution in [0, 0.1) is 6.92 Å². The van der Waals surface area contributed by atoms with Crippen LogP contribution in [0.3, 0.4) is 0 Å². The first-order valence-electron chi connectivity index (χ1n) is 9.54. The monoisotopic (exact) mass is 383 g/mol. The van der Waals surface area contributed by atoms with E-state index < -0.39 is 0 Å². The molecular weight excluding hydrogens is 358 g/mol. The Morgan fingerprint density at radius 1 is 1.32 bits per heavy atom. The molecule has 4 rings (SSSR count). The van der Waals surface area contributed by atoms with E-state index in [9.17, 15) is 9.59 Å². The first kappa shape index (κ1) is 18.3. The van der Waals surface area contributed by atoms with Crippen LogP contribution in [0.1, 0.15) is 35.3 Å². The summed E-state index contributed by atoms with van der Waals surface area (Å²) in [6.07, 6.45) is 2.35. The molecule has 28 heavy (non-hydrogen) atoms. The van der Waals surface area contributed by atoms with Crippen LogP contribution < -0.4 is 10.2 Å². The summed E-state index contributed by atoms with van der Waals surface area (Å²) in [6.45, 7) is 6.04. The molecule has 3 amide bonds. The van der Waals surface area contributed by atoms with E-state index in [4.69, 9.17) is 4.74 Å². The largest absolute Gasteiger partial charge is 0.447 e. The number of carbonyl (C=O) groups excluding carboxylic acids is 2. The van der Waals surface area contributed by atoms with Crippen LogP contribution in [0.25, 0.3) is 0 Å². The highest BCUT2D eigenvalue weighted by atomic mass is 16.6. The maximum atomic E-state index is 12.8. The lowest BCUT2D eigenvalue weighted by Crippen LogP contribution is -2.44. The van der Waals surface area contributed by atoms with Gasteiger partial charge in [0.05, 0.1) is 24.0 Å². The van der Waals surface area contributed by atoms with Crippen molar-refractivity contribution in [1.29, 1.82) is 0 Å². The molecule has 1 N–H and O–H groups in total. The molecule has 1 fully saturated rings. The van der Waals surface area contributed by atoms with E-state index in [0.717, 1.165) is 28.1 Å². The number of ether oxygens (including phenoxy) is 1. The van der Waals surface area contributed by atoms with Crippen molar-refractivity contribution in [3.63, 3.8) is 0 Å². The molecule has 1 aromatic carbocycles. The highest BCUT2D eigenvalue weighted by Gasteiger charge is 2.30. The molecule has 2 aromatic rings. The van der Waals surface area contributed by atoms with E-state index in [-0.39, 0.29) is 18.2 Å². The molecule has 2 aliphatic heterocycles. The van der Waals surface area contributed by atoms with Crippen molar-refractivity contribution < 1.29 is 14.3 Å². The van der Waals surface area contributed by atoms with Gasteiger partial charge in [0.2, 0.25) is 0 Å². The second kappa shape index (κ2) is 7.18. The van der Waals surface area contributed by atoms with E-state index in [1.54, 1.807) is 9.58 Å². The highest BCUT2D eigenvalue weighted by Crippen LogP contribution is 2.31. The smallest absolute Gasteiger partial charge is 0.414 e. The molecule has 1 aromatic heterocycles. The molecule has 0 aliphatic carbocycles. The number of fused-ring (bicyclic) bond motifs is 1. The number of aryl methyl sites for hydroxylation is 2. The van der Waals surface area contributed by atoms with Gasteiger partial charge in [-0.2, -0.15) is 5.10 Å². The summed E-state index contributed by atoms with van der Waals surface area (Å²) >= 11 is 0. The van der Waals surface area contributed by atoms with Crippen LogP contribution >= 0.6 is 0 Å². The number of carbonyl (C=O) groups is 2. The number of cyclic esters (lactones) is 1. The third-order valence-corrected chi connectivity index (χ3v) is 5.44. The summed E-state index contributed by atoms with van der Waals surface area (Å²) in [5.74, 6) is 0. The first-order chi connectivity index (χ1) is 13.4. The third kappa shape index (κ3) is 3.30. The molecule has 2 aliphatic rings. The van der Waals surface area contributed by atoms with Gasteiger partial charge in [-0.15, -0.1) is 0 Å². The van der Waals surface area contributed by atoms with Crippen LogP contribution in [0.2, 0.25) is 0 Å². The summed E-state index contributed by atoms with van der Waals surface area (Å²) in [6, 6.07) is 5.70. The normalized spacial score (nSPS) is 17.3. The van der Waals surface area contributed by atoms with Gasteiger partial charge in [0.1, 0.15) is 6.61 Å². The number of rotatable bonds is 3. The molecule has 1 unspecified atom stereocenters. The Balaban J connectivity index is 1.47. The molecule has 0 radical (unpaired) electrons. The zero-order chi connectivity index (χ0) is 19.8. The Hall–Kier alpha value is -3.03. The number of nitrogens with one attached hydrogen (secondary N) is 1. The van der Waals surface area contributed by atoms with Crippen molar-refractivity contribution in [3.05, 3.63) is 46.8 Å². The maximum absolute atomic E-state index is 12.8. The first-order valence-corrected chi connectivity index (χ1v) is 9.54. The van der Waals surface area contributed by atoms with Gasteiger partial charge in [0, 0.05) is 31.9 Å². The summed E-state index contributed by atoms with van der Waals surface area (Å²) in [5.41, 5.74) is 5.04. The minimum atomic E-state index is -0.297. The van der Waals surface area contributed by atoms with Gasteiger partial charge in [-0.05, 0) is 37.5 Å². The van der Waals surface area contributed by atoms with Crippen molar-refractivity contribution in [1.82, 2.24) is 20.0 Å². The second-order valence-corrected chi connectivity index (χ2v) is 7.37. The topological polar surface area (TPSA) is 79.7 Å². The van der Waals surface area contributed by atoms with Crippen molar-refractivity contribution in [3.8, 4) is 0 Å². The van der Waals surface area contributed by atoms with E-state index in [1.807, 2.05) is 50.2 Å². The minimum absolute atomic E-state index is 0.0904. The number of anilines is 1. The van der Waals surface area contributed by atoms with Crippen molar-refractivity contribution in [2.45, 2.75) is 32.9 Å². The number of benzene rings is 1. The van der Waals surface area contributed by atoms with Gasteiger partial charge in [-0.25, -0.2) is 9.59 Å². The van der Waals surface area contributed by atoms with Gasteiger partial charge in [0.25, 0.3) is 0 Å². The van der Waals surface area contributed by atoms with Crippen molar-refractivity contribution in [2.75, 3.05) is 24.6 Å².